The summed E-state index contributed by atoms with van der Waals surface area (Å²) in [7, 11) is 0. The second kappa shape index (κ2) is 24.3. The van der Waals surface area contributed by atoms with Crippen LogP contribution in [0.15, 0.2) is 364 Å². The lowest BCUT2D eigenvalue weighted by molar-refractivity contribution is -0.137. The van der Waals surface area contributed by atoms with Crippen molar-refractivity contribution in [3.63, 3.8) is 0 Å². The number of alkyl halides is 3. The van der Waals surface area contributed by atoms with Crippen molar-refractivity contribution in [3.8, 4) is 79.4 Å². The molecule has 16 aromatic carbocycles. The second-order valence-corrected chi connectivity index (χ2v) is 29.0. The van der Waals surface area contributed by atoms with Gasteiger partial charge in [0.15, 0.2) is 17.5 Å². The molecule has 0 saturated heterocycles. The molecule has 0 amide bonds. The summed E-state index contributed by atoms with van der Waals surface area (Å²) in [6.07, 6.45) is -4.78. The molecule has 23 aromatic rings. The lowest BCUT2D eigenvalue weighted by atomic mass is 9.94. The molecule has 7 heterocycles. The molecule has 0 bridgehead atoms. The van der Waals surface area contributed by atoms with Crippen molar-refractivity contribution >= 4 is 131 Å². The van der Waals surface area contributed by atoms with E-state index in [1.807, 2.05) is 66.7 Å². The average molecular weight is 1440 g/mol. The van der Waals surface area contributed by atoms with Gasteiger partial charge in [-0.1, -0.05) is 212 Å². The first kappa shape index (κ1) is 63.2. The van der Waals surface area contributed by atoms with E-state index in [2.05, 4.69) is 306 Å². The Labute approximate surface area is 637 Å². The Morgan fingerprint density at radius 3 is 0.848 bits per heavy atom. The Morgan fingerprint density at radius 1 is 0.188 bits per heavy atom. The zero-order valence-electron chi connectivity index (χ0n) is 59.8. The first-order valence-corrected chi connectivity index (χ1v) is 37.6. The third-order valence-corrected chi connectivity index (χ3v) is 22.9. The number of rotatable bonds is 10. The fraction of sp³-hybridized carbons (Fsp3) is 0.0100. The SMILES string of the molecule is FC(F)(F)c1ccc(-n2c3ccc(-n4c5ccccc5c5ccccc54)cc3c3ccc(-n4c5ccccc5c5ccccc54)cc32)c(-c2cc(-n3c4ccc(-n5c6ccccc6c6ccccc65)cc4c4cc(-n5c6ccccc6c6ccccc65)ccc43)ccc2-c2nc(-c3ccccc3)nc(-c3ccccc3)n2)c1. The number of para-hydroxylation sites is 8. The van der Waals surface area contributed by atoms with E-state index in [4.69, 9.17) is 15.0 Å². The molecule has 112 heavy (non-hydrogen) atoms. The van der Waals surface area contributed by atoms with Gasteiger partial charge in [-0.3, -0.25) is 0 Å². The Balaban J connectivity index is 0.830. The molecular weight excluding hydrogens is 1380 g/mol. The Kier molecular flexibility index (Phi) is 13.7. The number of hydrogen-bond acceptors (Lipinski definition) is 3. The quantitative estimate of drug-likeness (QED) is 0.137. The van der Waals surface area contributed by atoms with Crippen LogP contribution in [-0.4, -0.2) is 42.4 Å². The van der Waals surface area contributed by atoms with Crippen molar-refractivity contribution < 1.29 is 13.2 Å². The van der Waals surface area contributed by atoms with Crippen molar-refractivity contribution in [1.82, 2.24) is 42.4 Å². The van der Waals surface area contributed by atoms with Crippen LogP contribution in [0, 0.1) is 0 Å². The average Bonchev–Trinajstić information content (AvgIpc) is 1.61. The third kappa shape index (κ3) is 9.54. The van der Waals surface area contributed by atoms with Gasteiger partial charge < -0.3 is 27.4 Å². The monoisotopic (exact) mass is 1440 g/mol. The van der Waals surface area contributed by atoms with E-state index in [1.54, 1.807) is 6.07 Å². The normalized spacial score (nSPS) is 12.2. The van der Waals surface area contributed by atoms with Crippen molar-refractivity contribution in [2.24, 2.45) is 0 Å². The van der Waals surface area contributed by atoms with Crippen LogP contribution >= 0.6 is 0 Å². The highest BCUT2D eigenvalue weighted by Crippen LogP contribution is 2.48. The maximum atomic E-state index is 16.4. The minimum absolute atomic E-state index is 0.276. The summed E-state index contributed by atoms with van der Waals surface area (Å²) in [5, 5.41) is 12.8. The smallest absolute Gasteiger partial charge is 0.309 e. The molecule has 23 rings (SSSR count). The van der Waals surface area contributed by atoms with Gasteiger partial charge in [0.25, 0.3) is 0 Å². The third-order valence-electron chi connectivity index (χ3n) is 22.9. The van der Waals surface area contributed by atoms with E-state index in [0.29, 0.717) is 39.7 Å². The standard InChI is InChI=1S/C100H60F3N9/c101-100(102,103)63-43-51-94(112-95-54-48-65(107-84-35-15-7-27-69(84)70-28-8-16-36-85(70)107)57-81(95)77-49-44-68(60-96(77)112)111-90-41-21-13-33-75(90)76-34-14-22-42-91(76)111)80(55-63)79-56-64(45-50-78(79)99-105-97(61-23-3-1-4-24-61)104-98(106-99)62-25-5-2-6-26-62)110-92-52-46-66(108-86-37-17-9-29-71(86)72-30-10-18-38-87(72)108)58-82(92)83-59-67(47-53-93(83)110)109-88-39-19-11-31-73(88)74-32-12-20-40-89(74)109/h1-60H. The molecule has 526 valence electrons. The van der Waals surface area contributed by atoms with Crippen molar-refractivity contribution in [1.29, 1.82) is 0 Å². The minimum atomic E-state index is -4.78. The maximum Gasteiger partial charge on any atom is 0.416 e. The van der Waals surface area contributed by atoms with Crippen molar-refractivity contribution in [2.75, 3.05) is 0 Å². The molecule has 0 aliphatic carbocycles. The molecule has 0 unspecified atom stereocenters. The number of hydrogen-bond donors (Lipinski definition) is 0. The molecule has 0 saturated carbocycles. The van der Waals surface area contributed by atoms with Gasteiger partial charge in [-0.2, -0.15) is 13.2 Å². The molecular formula is C100H60F3N9. The Hall–Kier alpha value is -14.9. The van der Waals surface area contributed by atoms with Gasteiger partial charge in [-0.25, -0.2) is 15.0 Å². The molecule has 0 radical (unpaired) electrons. The Bertz CT molecular complexity index is 7440. The zero-order chi connectivity index (χ0) is 74.0. The van der Waals surface area contributed by atoms with Crippen LogP contribution in [0.2, 0.25) is 0 Å². The largest absolute Gasteiger partial charge is 0.416 e. The van der Waals surface area contributed by atoms with E-state index < -0.39 is 11.7 Å². The molecule has 0 fully saturated rings. The van der Waals surface area contributed by atoms with Gasteiger partial charge in [0.1, 0.15) is 0 Å². The number of nitrogens with zero attached hydrogens (tertiary/aromatic N) is 9. The topological polar surface area (TPSA) is 68.2 Å². The van der Waals surface area contributed by atoms with Crippen LogP contribution in [0.25, 0.3) is 210 Å². The number of aromatic nitrogens is 9. The highest BCUT2D eigenvalue weighted by molar-refractivity contribution is 6.17. The molecule has 9 nitrogen and oxygen atoms in total. The molecule has 0 spiro atoms. The first-order valence-electron chi connectivity index (χ1n) is 37.6. The number of halogens is 3. The predicted molar refractivity (Wildman–Crippen MR) is 453 cm³/mol. The summed E-state index contributed by atoms with van der Waals surface area (Å²) in [5.74, 6) is 1.09. The maximum absolute atomic E-state index is 16.4. The fourth-order valence-corrected chi connectivity index (χ4v) is 18.0. The van der Waals surface area contributed by atoms with E-state index in [9.17, 15) is 0 Å². The van der Waals surface area contributed by atoms with E-state index in [0.717, 1.165) is 165 Å². The lowest BCUT2D eigenvalue weighted by Gasteiger charge is -2.21. The van der Waals surface area contributed by atoms with Crippen LogP contribution in [0.3, 0.4) is 0 Å². The summed E-state index contributed by atoms with van der Waals surface area (Å²) in [4.78, 5) is 15.9. The van der Waals surface area contributed by atoms with Crippen molar-refractivity contribution in [3.05, 3.63) is 370 Å². The Morgan fingerprint density at radius 2 is 0.473 bits per heavy atom. The summed E-state index contributed by atoms with van der Waals surface area (Å²) >= 11 is 0. The lowest BCUT2D eigenvalue weighted by Crippen LogP contribution is -2.08. The van der Waals surface area contributed by atoms with Crippen LogP contribution in [0.4, 0.5) is 13.2 Å². The number of benzene rings is 16. The summed E-state index contributed by atoms with van der Waals surface area (Å²) in [5.41, 5.74) is 18.7. The molecule has 0 aliphatic heterocycles. The summed E-state index contributed by atoms with van der Waals surface area (Å²) < 4.78 is 63.1. The van der Waals surface area contributed by atoms with Crippen LogP contribution in [0.5, 0.6) is 0 Å². The van der Waals surface area contributed by atoms with Gasteiger partial charge in [0, 0.05) is 115 Å². The van der Waals surface area contributed by atoms with Crippen LogP contribution < -0.4 is 0 Å². The van der Waals surface area contributed by atoms with Gasteiger partial charge >= 0.3 is 6.18 Å². The molecule has 0 aliphatic rings. The van der Waals surface area contributed by atoms with Gasteiger partial charge in [0.05, 0.1) is 77.5 Å². The van der Waals surface area contributed by atoms with Gasteiger partial charge in [-0.15, -0.1) is 0 Å². The highest BCUT2D eigenvalue weighted by atomic mass is 19.4. The highest BCUT2D eigenvalue weighted by Gasteiger charge is 2.34. The first-order chi connectivity index (χ1) is 55.2. The van der Waals surface area contributed by atoms with Gasteiger partial charge in [0.2, 0.25) is 0 Å². The molecule has 7 aromatic heterocycles. The predicted octanol–water partition coefficient (Wildman–Crippen LogP) is 26.1. The summed E-state index contributed by atoms with van der Waals surface area (Å²) in [6.45, 7) is 0. The van der Waals surface area contributed by atoms with Crippen LogP contribution in [0.1, 0.15) is 5.56 Å². The molecule has 12 heteroatoms. The van der Waals surface area contributed by atoms with E-state index in [1.165, 1.54) is 12.1 Å². The fourth-order valence-electron chi connectivity index (χ4n) is 18.0. The van der Waals surface area contributed by atoms with Crippen LogP contribution in [-0.2, 0) is 6.18 Å². The van der Waals surface area contributed by atoms with E-state index in [-0.39, 0.29) is 5.82 Å². The second-order valence-electron chi connectivity index (χ2n) is 29.0. The minimum Gasteiger partial charge on any atom is -0.309 e. The molecule has 0 N–H and O–H groups in total. The number of fused-ring (bicyclic) bond motifs is 18. The van der Waals surface area contributed by atoms with E-state index >= 15 is 13.2 Å². The summed E-state index contributed by atoms with van der Waals surface area (Å²) in [6, 6.07) is 124. The zero-order valence-corrected chi connectivity index (χ0v) is 59.8. The van der Waals surface area contributed by atoms with Crippen molar-refractivity contribution in [2.45, 2.75) is 6.18 Å². The van der Waals surface area contributed by atoms with Gasteiger partial charge in [-0.05, 0) is 157 Å². The molecule has 0 atom stereocenters.